The minimum Gasteiger partial charge on any atom is -0.376 e. The molecular formula is C13H20O2Si. The van der Waals surface area contributed by atoms with Crippen molar-refractivity contribution in [1.29, 1.82) is 0 Å². The molecule has 0 spiro atoms. The smallest absolute Gasteiger partial charge is 0.162 e. The van der Waals surface area contributed by atoms with Gasteiger partial charge in [0, 0.05) is 5.92 Å². The Morgan fingerprint density at radius 2 is 2.06 bits per heavy atom. The molecular weight excluding hydrogens is 216 g/mol. The second kappa shape index (κ2) is 3.97. The summed E-state index contributed by atoms with van der Waals surface area (Å²) in [4.78, 5) is 12.3. The fourth-order valence-corrected chi connectivity index (χ4v) is 4.74. The number of allylic oxidation sites excluding steroid dienone is 1. The molecule has 0 saturated heterocycles. The minimum absolute atomic E-state index is 0.0680. The Balaban J connectivity index is 2.54. The first-order chi connectivity index (χ1) is 7.43. The van der Waals surface area contributed by atoms with Gasteiger partial charge in [-0.2, -0.15) is 0 Å². The molecule has 88 valence electrons. The highest BCUT2D eigenvalue weighted by atomic mass is 28.3. The lowest BCUT2D eigenvalue weighted by molar-refractivity contribution is -0.116. The van der Waals surface area contributed by atoms with Crippen LogP contribution in [0.25, 0.3) is 0 Å². The Bertz CT molecular complexity index is 385. The molecule has 0 unspecified atom stereocenters. The summed E-state index contributed by atoms with van der Waals surface area (Å²) in [5.74, 6) is 0.421. The molecule has 1 aliphatic carbocycles. The normalized spacial score (nSPS) is 26.6. The first-order valence-electron chi connectivity index (χ1n) is 5.99. The Labute approximate surface area is 98.4 Å². The summed E-state index contributed by atoms with van der Waals surface area (Å²) in [5, 5.41) is 1.12. The summed E-state index contributed by atoms with van der Waals surface area (Å²) in [6, 6.07) is 0. The highest BCUT2D eigenvalue weighted by molar-refractivity contribution is 6.87. The lowest BCUT2D eigenvalue weighted by atomic mass is 9.99. The van der Waals surface area contributed by atoms with E-state index in [1.807, 2.05) is 6.92 Å². The zero-order valence-electron chi connectivity index (χ0n) is 10.6. The van der Waals surface area contributed by atoms with Gasteiger partial charge in [0.05, 0.1) is 21.3 Å². The van der Waals surface area contributed by atoms with Crippen molar-refractivity contribution in [3.63, 3.8) is 0 Å². The molecule has 0 radical (unpaired) electrons. The van der Waals surface area contributed by atoms with Crippen LogP contribution >= 0.6 is 0 Å². The number of fused-ring (bicyclic) bond motifs is 1. The highest BCUT2D eigenvalue weighted by Gasteiger charge is 2.40. The maximum absolute atomic E-state index is 12.3. The molecule has 0 N–H and O–H groups in total. The van der Waals surface area contributed by atoms with Crippen molar-refractivity contribution in [1.82, 2.24) is 0 Å². The van der Waals surface area contributed by atoms with E-state index < -0.39 is 8.07 Å². The van der Waals surface area contributed by atoms with E-state index in [-0.39, 0.29) is 5.92 Å². The Morgan fingerprint density at radius 1 is 1.38 bits per heavy atom. The summed E-state index contributed by atoms with van der Waals surface area (Å²) in [6.07, 6.45) is 3.15. The van der Waals surface area contributed by atoms with Gasteiger partial charge in [-0.25, -0.2) is 0 Å². The largest absolute Gasteiger partial charge is 0.376 e. The van der Waals surface area contributed by atoms with E-state index in [4.69, 9.17) is 4.74 Å². The van der Waals surface area contributed by atoms with Gasteiger partial charge >= 0.3 is 0 Å². The topological polar surface area (TPSA) is 26.3 Å². The summed E-state index contributed by atoms with van der Waals surface area (Å²) in [7, 11) is -1.55. The molecule has 2 aliphatic rings. The maximum Gasteiger partial charge on any atom is 0.162 e. The van der Waals surface area contributed by atoms with Crippen LogP contribution in [0.1, 0.15) is 13.3 Å². The molecule has 0 saturated carbocycles. The lowest BCUT2D eigenvalue weighted by Crippen LogP contribution is -2.30. The summed E-state index contributed by atoms with van der Waals surface area (Å²) in [6.45, 7) is 10.2. The Hall–Kier alpha value is -0.673. The monoisotopic (exact) mass is 236 g/mol. The van der Waals surface area contributed by atoms with E-state index in [9.17, 15) is 4.79 Å². The van der Waals surface area contributed by atoms with Gasteiger partial charge in [0.2, 0.25) is 0 Å². The fraction of sp³-hybridized carbons (Fsp3) is 0.615. The minimum atomic E-state index is -1.55. The number of ketones is 1. The second-order valence-corrected chi connectivity index (χ2v) is 10.7. The molecule has 0 aromatic rings. The molecule has 3 heteroatoms. The standard InChI is InChI=1S/C13H20O2Si/c1-9-10-6-5-7-15-8-11(10)13(12(9)14)16(2,3)4/h6,9H,5,7-8H2,1-4H3/t9-/m1/s1. The van der Waals surface area contributed by atoms with Gasteiger partial charge in [-0.05, 0) is 22.8 Å². The van der Waals surface area contributed by atoms with Crippen LogP contribution in [0.15, 0.2) is 22.4 Å². The quantitative estimate of drug-likeness (QED) is 0.654. The third-order valence-corrected chi connectivity index (χ3v) is 5.43. The van der Waals surface area contributed by atoms with Gasteiger partial charge in [-0.3, -0.25) is 4.79 Å². The zero-order valence-corrected chi connectivity index (χ0v) is 11.6. The van der Waals surface area contributed by atoms with Crippen molar-refractivity contribution in [3.05, 3.63) is 22.4 Å². The molecule has 0 fully saturated rings. The number of hydrogen-bond acceptors (Lipinski definition) is 2. The number of Topliss-reactive ketones (excluding diaryl/α,β-unsaturated/α-hetero) is 1. The van der Waals surface area contributed by atoms with Crippen LogP contribution in [0.5, 0.6) is 0 Å². The molecule has 1 atom stereocenters. The van der Waals surface area contributed by atoms with Gasteiger partial charge in [0.15, 0.2) is 5.78 Å². The van der Waals surface area contributed by atoms with E-state index in [1.165, 1.54) is 11.1 Å². The van der Waals surface area contributed by atoms with Gasteiger partial charge in [-0.1, -0.05) is 32.6 Å². The van der Waals surface area contributed by atoms with E-state index in [1.54, 1.807) is 0 Å². The van der Waals surface area contributed by atoms with Crippen LogP contribution in [0, 0.1) is 5.92 Å². The van der Waals surface area contributed by atoms with Gasteiger partial charge in [0.25, 0.3) is 0 Å². The molecule has 2 nitrogen and oxygen atoms in total. The maximum atomic E-state index is 12.3. The molecule has 0 aromatic heterocycles. The van der Waals surface area contributed by atoms with Gasteiger partial charge in [-0.15, -0.1) is 0 Å². The number of hydrogen-bond donors (Lipinski definition) is 0. The first-order valence-corrected chi connectivity index (χ1v) is 9.49. The van der Waals surface area contributed by atoms with E-state index in [0.717, 1.165) is 18.2 Å². The van der Waals surface area contributed by atoms with E-state index >= 15 is 0 Å². The third kappa shape index (κ3) is 1.82. The summed E-state index contributed by atoms with van der Waals surface area (Å²) < 4.78 is 5.59. The molecule has 16 heavy (non-hydrogen) atoms. The van der Waals surface area contributed by atoms with Crippen LogP contribution in [0.4, 0.5) is 0 Å². The van der Waals surface area contributed by atoms with Crippen LogP contribution in [0.2, 0.25) is 19.6 Å². The van der Waals surface area contributed by atoms with E-state index in [2.05, 4.69) is 25.7 Å². The Morgan fingerprint density at radius 3 is 2.69 bits per heavy atom. The van der Waals surface area contributed by atoms with Crippen molar-refractivity contribution >= 4 is 13.9 Å². The summed E-state index contributed by atoms with van der Waals surface area (Å²) >= 11 is 0. The average Bonchev–Trinajstić information content (AvgIpc) is 2.39. The van der Waals surface area contributed by atoms with Crippen LogP contribution in [-0.4, -0.2) is 27.1 Å². The van der Waals surface area contributed by atoms with Crippen LogP contribution in [-0.2, 0) is 9.53 Å². The number of carbonyl (C=O) groups is 1. The third-order valence-electron chi connectivity index (χ3n) is 3.38. The lowest BCUT2D eigenvalue weighted by Gasteiger charge is -2.19. The molecule has 1 heterocycles. The predicted molar refractivity (Wildman–Crippen MR) is 68.1 cm³/mol. The Kier molecular flexibility index (Phi) is 2.93. The molecule has 2 rings (SSSR count). The first kappa shape index (κ1) is 11.8. The van der Waals surface area contributed by atoms with Crippen LogP contribution in [0.3, 0.4) is 0 Å². The number of carbonyl (C=O) groups excluding carboxylic acids is 1. The zero-order chi connectivity index (χ0) is 11.9. The van der Waals surface area contributed by atoms with Crippen molar-refractivity contribution in [2.24, 2.45) is 5.92 Å². The fourth-order valence-electron chi connectivity index (χ4n) is 2.66. The average molecular weight is 236 g/mol. The predicted octanol–water partition coefficient (Wildman–Crippen LogP) is 2.73. The second-order valence-electron chi connectivity index (χ2n) is 5.69. The van der Waals surface area contributed by atoms with Gasteiger partial charge < -0.3 is 4.74 Å². The van der Waals surface area contributed by atoms with Crippen molar-refractivity contribution < 1.29 is 9.53 Å². The number of rotatable bonds is 1. The van der Waals surface area contributed by atoms with Gasteiger partial charge in [0.1, 0.15) is 0 Å². The van der Waals surface area contributed by atoms with E-state index in [0.29, 0.717) is 12.4 Å². The highest BCUT2D eigenvalue weighted by Crippen LogP contribution is 2.39. The van der Waals surface area contributed by atoms with Crippen LogP contribution < -0.4 is 0 Å². The number of ether oxygens (including phenoxy) is 1. The molecule has 0 bridgehead atoms. The van der Waals surface area contributed by atoms with Crippen molar-refractivity contribution in [3.8, 4) is 0 Å². The molecule has 1 aliphatic heterocycles. The van der Waals surface area contributed by atoms with Crippen molar-refractivity contribution in [2.75, 3.05) is 13.2 Å². The molecule has 0 aromatic carbocycles. The molecule has 0 amide bonds. The summed E-state index contributed by atoms with van der Waals surface area (Å²) in [5.41, 5.74) is 2.47. The van der Waals surface area contributed by atoms with Crippen molar-refractivity contribution in [2.45, 2.75) is 33.0 Å². The SMILES string of the molecule is C[C@H]1C(=O)C([Si](C)(C)C)=C2COCCC=C21.